The van der Waals surface area contributed by atoms with E-state index in [4.69, 9.17) is 9.47 Å². The van der Waals surface area contributed by atoms with Gasteiger partial charge in [-0.05, 0) is 31.2 Å². The molecule has 2 aromatic rings. The molecule has 8 heteroatoms. The molecule has 1 aliphatic heterocycles. The first-order valence-corrected chi connectivity index (χ1v) is 9.62. The number of nitrogens with zero attached hydrogens (tertiary/aromatic N) is 3. The molecular formula is C21H26N4O4. The van der Waals surface area contributed by atoms with Crippen molar-refractivity contribution >= 4 is 23.3 Å². The molecule has 1 aromatic carbocycles. The normalized spacial score (nSPS) is 13.7. The van der Waals surface area contributed by atoms with Gasteiger partial charge in [-0.15, -0.1) is 0 Å². The lowest BCUT2D eigenvalue weighted by atomic mass is 10.2. The van der Waals surface area contributed by atoms with E-state index in [2.05, 4.69) is 15.2 Å². The highest BCUT2D eigenvalue weighted by Crippen LogP contribution is 2.17. The number of ether oxygens (including phenoxy) is 2. The van der Waals surface area contributed by atoms with Crippen molar-refractivity contribution in [2.75, 3.05) is 56.7 Å². The molecule has 0 bridgehead atoms. The van der Waals surface area contributed by atoms with Crippen LogP contribution in [0.4, 0.5) is 11.5 Å². The molecule has 1 fully saturated rings. The third-order valence-corrected chi connectivity index (χ3v) is 4.69. The maximum atomic E-state index is 12.8. The lowest BCUT2D eigenvalue weighted by molar-refractivity contribution is -0.116. The van der Waals surface area contributed by atoms with Gasteiger partial charge in [-0.25, -0.2) is 4.98 Å². The zero-order valence-electron chi connectivity index (χ0n) is 16.8. The summed E-state index contributed by atoms with van der Waals surface area (Å²) in [5, 5.41) is 2.79. The number of aromatic nitrogens is 1. The van der Waals surface area contributed by atoms with E-state index in [0.717, 1.165) is 18.9 Å². The van der Waals surface area contributed by atoms with Gasteiger partial charge in [-0.1, -0.05) is 6.07 Å². The van der Waals surface area contributed by atoms with Gasteiger partial charge >= 0.3 is 0 Å². The van der Waals surface area contributed by atoms with E-state index in [9.17, 15) is 9.59 Å². The summed E-state index contributed by atoms with van der Waals surface area (Å²) < 4.78 is 10.5. The number of morpholine rings is 1. The first kappa shape index (κ1) is 20.6. The summed E-state index contributed by atoms with van der Waals surface area (Å²) in [4.78, 5) is 33.2. The Kier molecular flexibility index (Phi) is 7.02. The van der Waals surface area contributed by atoms with Crippen LogP contribution in [0.5, 0.6) is 5.75 Å². The molecule has 0 aliphatic carbocycles. The summed E-state index contributed by atoms with van der Waals surface area (Å²) in [6.07, 6.45) is 1.57. The minimum Gasteiger partial charge on any atom is -0.497 e. The monoisotopic (exact) mass is 398 g/mol. The Morgan fingerprint density at radius 3 is 2.69 bits per heavy atom. The van der Waals surface area contributed by atoms with Crippen LogP contribution in [0.3, 0.4) is 0 Å². The number of likely N-dealkylation sites (N-methyl/N-ethyl adjacent to an activating group) is 1. The molecule has 0 radical (unpaired) electrons. The van der Waals surface area contributed by atoms with Crippen molar-refractivity contribution in [3.8, 4) is 5.75 Å². The Balaban J connectivity index is 1.61. The number of carbonyl (C=O) groups excluding carboxylic acids is 2. The number of benzene rings is 1. The van der Waals surface area contributed by atoms with Crippen molar-refractivity contribution in [1.29, 1.82) is 0 Å². The largest absolute Gasteiger partial charge is 0.497 e. The SMILES string of the molecule is CCN(CC(=O)Nc1cccc(OC)c1)C(=O)c1ccc(N2CCOCC2)nc1. The average Bonchev–Trinajstić information content (AvgIpc) is 2.78. The van der Waals surface area contributed by atoms with E-state index >= 15 is 0 Å². The highest BCUT2D eigenvalue weighted by atomic mass is 16.5. The number of anilines is 2. The summed E-state index contributed by atoms with van der Waals surface area (Å²) in [5.41, 5.74) is 1.08. The number of amides is 2. The van der Waals surface area contributed by atoms with Crippen molar-refractivity contribution in [3.05, 3.63) is 48.2 Å². The predicted octanol–water partition coefficient (Wildman–Crippen LogP) is 2.03. The van der Waals surface area contributed by atoms with Crippen LogP contribution in [-0.4, -0.2) is 68.2 Å². The minimum atomic E-state index is -0.272. The average molecular weight is 398 g/mol. The second-order valence-corrected chi connectivity index (χ2v) is 6.60. The van der Waals surface area contributed by atoms with E-state index in [1.165, 1.54) is 4.90 Å². The first-order chi connectivity index (χ1) is 14.1. The fraction of sp³-hybridized carbons (Fsp3) is 0.381. The van der Waals surface area contributed by atoms with Crippen LogP contribution in [0.15, 0.2) is 42.6 Å². The summed E-state index contributed by atoms with van der Waals surface area (Å²) in [5.74, 6) is 0.974. The van der Waals surface area contributed by atoms with Crippen LogP contribution < -0.4 is 15.0 Å². The highest BCUT2D eigenvalue weighted by molar-refractivity contribution is 5.99. The van der Waals surface area contributed by atoms with Gasteiger partial charge in [0.05, 0.1) is 25.9 Å². The van der Waals surface area contributed by atoms with Gasteiger partial charge in [0, 0.05) is 37.6 Å². The summed E-state index contributed by atoms with van der Waals surface area (Å²) in [7, 11) is 1.57. The molecule has 1 saturated heterocycles. The van der Waals surface area contributed by atoms with Crippen LogP contribution in [-0.2, 0) is 9.53 Å². The highest BCUT2D eigenvalue weighted by Gasteiger charge is 2.19. The van der Waals surface area contributed by atoms with Crippen molar-refractivity contribution in [3.63, 3.8) is 0 Å². The lowest BCUT2D eigenvalue weighted by Gasteiger charge is -2.28. The quantitative estimate of drug-likeness (QED) is 0.768. The molecule has 0 spiro atoms. The van der Waals surface area contributed by atoms with E-state index in [1.807, 2.05) is 13.0 Å². The van der Waals surface area contributed by atoms with Gasteiger partial charge in [0.2, 0.25) is 5.91 Å². The number of methoxy groups -OCH3 is 1. The molecule has 29 heavy (non-hydrogen) atoms. The van der Waals surface area contributed by atoms with Crippen LogP contribution in [0.2, 0.25) is 0 Å². The maximum Gasteiger partial charge on any atom is 0.255 e. The summed E-state index contributed by atoms with van der Waals surface area (Å²) >= 11 is 0. The second kappa shape index (κ2) is 9.88. The number of hydrogen-bond donors (Lipinski definition) is 1. The van der Waals surface area contributed by atoms with Crippen LogP contribution in [0, 0.1) is 0 Å². The van der Waals surface area contributed by atoms with E-state index < -0.39 is 0 Å². The molecular weight excluding hydrogens is 372 g/mol. The zero-order chi connectivity index (χ0) is 20.6. The van der Waals surface area contributed by atoms with Gasteiger partial charge in [-0.2, -0.15) is 0 Å². The fourth-order valence-corrected chi connectivity index (χ4v) is 3.08. The van der Waals surface area contributed by atoms with E-state index in [-0.39, 0.29) is 18.4 Å². The minimum absolute atomic E-state index is 0.0439. The molecule has 8 nitrogen and oxygen atoms in total. The third kappa shape index (κ3) is 5.45. The number of pyridine rings is 1. The van der Waals surface area contributed by atoms with Crippen molar-refractivity contribution in [2.24, 2.45) is 0 Å². The van der Waals surface area contributed by atoms with Crippen LogP contribution in [0.25, 0.3) is 0 Å². The molecule has 2 amide bonds. The van der Waals surface area contributed by atoms with Gasteiger partial charge in [0.25, 0.3) is 5.91 Å². The van der Waals surface area contributed by atoms with Crippen LogP contribution in [0.1, 0.15) is 17.3 Å². The van der Waals surface area contributed by atoms with Crippen LogP contribution >= 0.6 is 0 Å². The first-order valence-electron chi connectivity index (χ1n) is 9.62. The van der Waals surface area contributed by atoms with Gasteiger partial charge in [-0.3, -0.25) is 9.59 Å². The standard InChI is InChI=1S/C21H26N4O4/c1-3-24(15-20(26)23-17-5-4-6-18(13-17)28-2)21(27)16-7-8-19(22-14-16)25-9-11-29-12-10-25/h4-8,13-14H,3,9-12,15H2,1-2H3,(H,23,26). The predicted molar refractivity (Wildman–Crippen MR) is 110 cm³/mol. The Hall–Kier alpha value is -3.13. The Bertz CT molecular complexity index is 835. The molecule has 0 saturated carbocycles. The van der Waals surface area contributed by atoms with E-state index in [1.54, 1.807) is 43.6 Å². The third-order valence-electron chi connectivity index (χ3n) is 4.69. The molecule has 0 unspecified atom stereocenters. The molecule has 1 aliphatic rings. The van der Waals surface area contributed by atoms with Crippen molar-refractivity contribution in [1.82, 2.24) is 9.88 Å². The van der Waals surface area contributed by atoms with Gasteiger partial charge in [0.15, 0.2) is 0 Å². The molecule has 1 N–H and O–H groups in total. The lowest BCUT2D eigenvalue weighted by Crippen LogP contribution is -2.38. The molecule has 1 aromatic heterocycles. The van der Waals surface area contributed by atoms with E-state index in [0.29, 0.717) is 36.8 Å². The van der Waals surface area contributed by atoms with Gasteiger partial charge < -0.3 is 24.6 Å². The van der Waals surface area contributed by atoms with Crippen molar-refractivity contribution < 1.29 is 19.1 Å². The molecule has 3 rings (SSSR count). The smallest absolute Gasteiger partial charge is 0.255 e. The number of nitrogens with one attached hydrogen (secondary N) is 1. The number of rotatable bonds is 7. The fourth-order valence-electron chi connectivity index (χ4n) is 3.08. The molecule has 154 valence electrons. The zero-order valence-corrected chi connectivity index (χ0v) is 16.8. The second-order valence-electron chi connectivity index (χ2n) is 6.60. The van der Waals surface area contributed by atoms with Gasteiger partial charge in [0.1, 0.15) is 18.1 Å². The topological polar surface area (TPSA) is 84.0 Å². The number of carbonyl (C=O) groups is 2. The molecule has 0 atom stereocenters. The summed E-state index contributed by atoms with van der Waals surface area (Å²) in [6, 6.07) is 10.7. The number of hydrogen-bond acceptors (Lipinski definition) is 6. The molecule has 2 heterocycles. The maximum absolute atomic E-state index is 12.8. The van der Waals surface area contributed by atoms with Crippen molar-refractivity contribution in [2.45, 2.75) is 6.92 Å². The Morgan fingerprint density at radius 2 is 2.03 bits per heavy atom. The Labute approximate surface area is 170 Å². The Morgan fingerprint density at radius 1 is 1.24 bits per heavy atom. The summed E-state index contributed by atoms with van der Waals surface area (Å²) in [6.45, 7) is 5.12.